The highest BCUT2D eigenvalue weighted by Gasteiger charge is 2.28. The van der Waals surface area contributed by atoms with E-state index in [-0.39, 0.29) is 17.6 Å². The predicted octanol–water partition coefficient (Wildman–Crippen LogP) is 4.52. The number of hydrogen-bond acceptors (Lipinski definition) is 3. The van der Waals surface area contributed by atoms with Crippen LogP contribution in [-0.2, 0) is 16.4 Å². The molecule has 0 aliphatic carbocycles. The molecule has 0 spiro atoms. The molecular weight excluding hydrogens is 405 g/mol. The van der Waals surface area contributed by atoms with Crippen LogP contribution in [0.5, 0.6) is 0 Å². The van der Waals surface area contributed by atoms with Crippen LogP contribution in [0.25, 0.3) is 0 Å². The van der Waals surface area contributed by atoms with Crippen molar-refractivity contribution in [3.05, 3.63) is 74.9 Å². The van der Waals surface area contributed by atoms with Crippen molar-refractivity contribution in [2.24, 2.45) is 0 Å². The second-order valence-corrected chi connectivity index (χ2v) is 9.14. The smallest absolute Gasteiger partial charge is 0.173 e. The minimum absolute atomic E-state index is 0.0543. The summed E-state index contributed by atoms with van der Waals surface area (Å²) in [5.41, 5.74) is 4.18. The molecule has 3 nitrogen and oxygen atoms in total. The largest absolute Gasteiger partial charge is 0.360 e. The van der Waals surface area contributed by atoms with Gasteiger partial charge in [-0.15, -0.1) is 0 Å². The van der Waals surface area contributed by atoms with Gasteiger partial charge in [0.15, 0.2) is 9.84 Å². The summed E-state index contributed by atoms with van der Waals surface area (Å²) < 4.78 is 37.8. The zero-order valence-electron chi connectivity index (χ0n) is 14.0. The number of nitrogens with zero attached hydrogens (tertiary/aromatic N) is 1. The molecule has 0 aromatic heterocycles. The molecule has 1 aliphatic heterocycles. The molecule has 0 bridgehead atoms. The Balaban J connectivity index is 1.99. The Kier molecular flexibility index (Phi) is 5.02. The minimum Gasteiger partial charge on any atom is -0.360 e. The van der Waals surface area contributed by atoms with Gasteiger partial charge in [-0.1, -0.05) is 28.1 Å². The molecule has 25 heavy (non-hydrogen) atoms. The van der Waals surface area contributed by atoms with E-state index in [1.165, 1.54) is 23.1 Å². The summed E-state index contributed by atoms with van der Waals surface area (Å²) in [4.78, 5) is 2.05. The highest BCUT2D eigenvalue weighted by Crippen LogP contribution is 2.29. The number of aryl methyl sites for hydroxylation is 2. The van der Waals surface area contributed by atoms with Crippen molar-refractivity contribution in [1.29, 1.82) is 0 Å². The van der Waals surface area contributed by atoms with Crippen LogP contribution in [0.2, 0.25) is 0 Å². The molecule has 0 amide bonds. The summed E-state index contributed by atoms with van der Waals surface area (Å²) in [6, 6.07) is 10.4. The maximum atomic E-state index is 13.4. The van der Waals surface area contributed by atoms with E-state index in [1.54, 1.807) is 12.1 Å². The quantitative estimate of drug-likeness (QED) is 0.724. The standard InChI is InChI=1S/C19H19BrFNO2S/c1-13-3-6-17(9-14(13)2)22(18-7-8-25(23,24)12-18)11-15-4-5-16(21)10-19(15)20/h3-10,18H,11-12H2,1-2H3/t18-/m0/s1. The molecule has 3 rings (SSSR count). The van der Waals surface area contributed by atoms with Crippen LogP contribution in [0.3, 0.4) is 0 Å². The van der Waals surface area contributed by atoms with E-state index in [9.17, 15) is 12.8 Å². The summed E-state index contributed by atoms with van der Waals surface area (Å²) in [6.07, 6.45) is 1.72. The summed E-state index contributed by atoms with van der Waals surface area (Å²) in [7, 11) is -3.17. The molecule has 1 atom stereocenters. The number of benzene rings is 2. The van der Waals surface area contributed by atoms with Gasteiger partial charge >= 0.3 is 0 Å². The first-order valence-corrected chi connectivity index (χ1v) is 10.4. The molecule has 0 radical (unpaired) electrons. The van der Waals surface area contributed by atoms with Crippen LogP contribution < -0.4 is 4.90 Å². The Morgan fingerprint density at radius 2 is 1.92 bits per heavy atom. The zero-order valence-corrected chi connectivity index (χ0v) is 16.4. The second-order valence-electron chi connectivity index (χ2n) is 6.36. The Morgan fingerprint density at radius 3 is 2.52 bits per heavy atom. The number of rotatable bonds is 4. The molecule has 1 aliphatic rings. The van der Waals surface area contributed by atoms with Gasteiger partial charge < -0.3 is 4.90 Å². The fraction of sp³-hybridized carbons (Fsp3) is 0.263. The lowest BCUT2D eigenvalue weighted by Crippen LogP contribution is -2.35. The number of sulfone groups is 1. The zero-order chi connectivity index (χ0) is 18.2. The highest BCUT2D eigenvalue weighted by molar-refractivity contribution is 9.10. The van der Waals surface area contributed by atoms with Crippen molar-refractivity contribution in [3.8, 4) is 0 Å². The number of hydrogen-bond donors (Lipinski definition) is 0. The van der Waals surface area contributed by atoms with E-state index in [1.807, 2.05) is 30.9 Å². The van der Waals surface area contributed by atoms with Crippen molar-refractivity contribution >= 4 is 31.5 Å². The van der Waals surface area contributed by atoms with Gasteiger partial charge in [0, 0.05) is 22.1 Å². The third-order valence-corrected chi connectivity index (χ3v) is 6.61. The molecule has 2 aromatic carbocycles. The third-order valence-electron chi connectivity index (χ3n) is 4.49. The monoisotopic (exact) mass is 423 g/mol. The Labute approximate surface area is 156 Å². The lowest BCUT2D eigenvalue weighted by Gasteiger charge is -2.31. The first-order valence-electron chi connectivity index (χ1n) is 7.94. The molecule has 6 heteroatoms. The van der Waals surface area contributed by atoms with Gasteiger partial charge in [-0.05, 0) is 60.9 Å². The number of anilines is 1. The first-order chi connectivity index (χ1) is 11.7. The molecular formula is C19H19BrFNO2S. The lowest BCUT2D eigenvalue weighted by molar-refractivity contribution is 0.601. The summed E-state index contributed by atoms with van der Waals surface area (Å²) in [5.74, 6) is -0.254. The van der Waals surface area contributed by atoms with Gasteiger partial charge in [0.25, 0.3) is 0 Å². The van der Waals surface area contributed by atoms with Crippen molar-refractivity contribution in [3.63, 3.8) is 0 Å². The topological polar surface area (TPSA) is 37.4 Å². The Morgan fingerprint density at radius 1 is 1.16 bits per heavy atom. The molecule has 0 saturated heterocycles. The van der Waals surface area contributed by atoms with Gasteiger partial charge in [0.05, 0.1) is 11.8 Å². The van der Waals surface area contributed by atoms with Crippen LogP contribution in [0.4, 0.5) is 10.1 Å². The van der Waals surface area contributed by atoms with E-state index in [2.05, 4.69) is 22.0 Å². The van der Waals surface area contributed by atoms with E-state index in [0.29, 0.717) is 11.0 Å². The van der Waals surface area contributed by atoms with Crippen molar-refractivity contribution in [1.82, 2.24) is 0 Å². The fourth-order valence-corrected chi connectivity index (χ4v) is 4.67. The molecule has 0 fully saturated rings. The SMILES string of the molecule is Cc1ccc(N(Cc2ccc(F)cc2Br)[C@H]2C=CS(=O)(=O)C2)cc1C. The van der Waals surface area contributed by atoms with Crippen LogP contribution in [0.1, 0.15) is 16.7 Å². The molecule has 0 unspecified atom stereocenters. The second kappa shape index (κ2) is 6.92. The Hall–Kier alpha value is -1.66. The molecule has 132 valence electrons. The normalized spacial score (nSPS) is 18.5. The van der Waals surface area contributed by atoms with E-state index >= 15 is 0 Å². The van der Waals surface area contributed by atoms with Gasteiger partial charge in [-0.2, -0.15) is 0 Å². The molecule has 0 saturated carbocycles. The first kappa shape index (κ1) is 18.1. The molecule has 0 N–H and O–H groups in total. The van der Waals surface area contributed by atoms with Gasteiger partial charge in [0.2, 0.25) is 0 Å². The summed E-state index contributed by atoms with van der Waals surface area (Å²) in [5, 5.41) is 1.28. The minimum atomic E-state index is -3.17. The molecule has 1 heterocycles. The van der Waals surface area contributed by atoms with Crippen LogP contribution in [-0.4, -0.2) is 20.2 Å². The van der Waals surface area contributed by atoms with E-state index < -0.39 is 9.84 Å². The number of halogens is 2. The van der Waals surface area contributed by atoms with Gasteiger partial charge in [-0.3, -0.25) is 0 Å². The van der Waals surface area contributed by atoms with E-state index in [4.69, 9.17) is 0 Å². The maximum Gasteiger partial charge on any atom is 0.173 e. The summed E-state index contributed by atoms with van der Waals surface area (Å²) in [6.45, 7) is 4.56. The predicted molar refractivity (Wildman–Crippen MR) is 103 cm³/mol. The van der Waals surface area contributed by atoms with Gasteiger partial charge in [-0.25, -0.2) is 12.8 Å². The average molecular weight is 424 g/mol. The maximum absolute atomic E-state index is 13.4. The Bertz CT molecular complexity index is 940. The summed E-state index contributed by atoms with van der Waals surface area (Å²) >= 11 is 3.40. The van der Waals surface area contributed by atoms with Crippen molar-refractivity contribution in [2.75, 3.05) is 10.7 Å². The highest BCUT2D eigenvalue weighted by atomic mass is 79.9. The lowest BCUT2D eigenvalue weighted by atomic mass is 10.1. The van der Waals surface area contributed by atoms with Crippen LogP contribution in [0.15, 0.2) is 52.4 Å². The van der Waals surface area contributed by atoms with Crippen molar-refractivity contribution < 1.29 is 12.8 Å². The molecule has 2 aromatic rings. The average Bonchev–Trinajstić information content (AvgIpc) is 2.89. The van der Waals surface area contributed by atoms with Gasteiger partial charge in [0.1, 0.15) is 5.82 Å². The van der Waals surface area contributed by atoms with Crippen LogP contribution in [0, 0.1) is 19.7 Å². The fourth-order valence-electron chi connectivity index (χ4n) is 2.89. The van der Waals surface area contributed by atoms with E-state index in [0.717, 1.165) is 16.8 Å². The third kappa shape index (κ3) is 4.12. The van der Waals surface area contributed by atoms with Crippen molar-refractivity contribution in [2.45, 2.75) is 26.4 Å². The van der Waals surface area contributed by atoms with Crippen LogP contribution >= 0.6 is 15.9 Å².